The quantitative estimate of drug-likeness (QED) is 0.494. The molecule has 0 aromatic rings. The molecule has 1 aliphatic heterocycles. The average molecular weight is 143 g/mol. The van der Waals surface area contributed by atoms with E-state index in [0.29, 0.717) is 17.7 Å². The van der Waals surface area contributed by atoms with Crippen LogP contribution in [0.1, 0.15) is 19.8 Å². The molecule has 10 heavy (non-hydrogen) atoms. The third-order valence-corrected chi connectivity index (χ3v) is 1.39. The van der Waals surface area contributed by atoms with E-state index >= 15 is 0 Å². The molecule has 0 amide bonds. The Morgan fingerprint density at radius 2 is 2.60 bits per heavy atom. The van der Waals surface area contributed by atoms with Crippen molar-refractivity contribution in [1.29, 1.82) is 0 Å². The summed E-state index contributed by atoms with van der Waals surface area (Å²) in [5.41, 5.74) is 0. The maximum atomic E-state index is 10.6. The van der Waals surface area contributed by atoms with Crippen LogP contribution in [0.3, 0.4) is 0 Å². The molecule has 56 valence electrons. The van der Waals surface area contributed by atoms with Crippen molar-refractivity contribution in [2.45, 2.75) is 25.9 Å². The fraction of sp³-hybridized carbons (Fsp3) is 0.667. The monoisotopic (exact) mass is 143 g/mol. The molecule has 1 aliphatic rings. The Kier molecular flexibility index (Phi) is 1.89. The van der Waals surface area contributed by atoms with Crippen LogP contribution in [0.5, 0.6) is 0 Å². The molecule has 0 saturated carbocycles. The lowest BCUT2D eigenvalue weighted by Crippen LogP contribution is -2.29. The van der Waals surface area contributed by atoms with Crippen LogP contribution in [0, 0.1) is 5.21 Å². The van der Waals surface area contributed by atoms with Crippen LogP contribution in [-0.4, -0.2) is 23.0 Å². The Bertz CT molecular complexity index is 176. The van der Waals surface area contributed by atoms with Gasteiger partial charge in [-0.1, -0.05) is 0 Å². The molecule has 1 rings (SSSR count). The summed E-state index contributed by atoms with van der Waals surface area (Å²) in [6, 6.07) is 0. The second kappa shape index (κ2) is 2.68. The van der Waals surface area contributed by atoms with Crippen molar-refractivity contribution >= 4 is 12.0 Å². The summed E-state index contributed by atoms with van der Waals surface area (Å²) in [4.78, 5) is 15.6. The second-order valence-electron chi connectivity index (χ2n) is 2.25. The zero-order valence-electron chi connectivity index (χ0n) is 5.74. The topological polar surface area (TPSA) is 52.4 Å². The van der Waals surface area contributed by atoms with Crippen molar-refractivity contribution < 1.29 is 14.5 Å². The van der Waals surface area contributed by atoms with Crippen molar-refractivity contribution in [1.82, 2.24) is 0 Å². The lowest BCUT2D eigenvalue weighted by atomic mass is 10.1. The van der Waals surface area contributed by atoms with E-state index in [9.17, 15) is 10.0 Å². The maximum Gasteiger partial charge on any atom is 0.210 e. The number of hydrogen-bond acceptors (Lipinski definition) is 3. The number of carbonyl (C=O) groups excluding carboxylic acids is 1. The van der Waals surface area contributed by atoms with Gasteiger partial charge in [-0.2, -0.15) is 0 Å². The lowest BCUT2D eigenvalue weighted by molar-refractivity contribution is -0.750. The molecule has 4 nitrogen and oxygen atoms in total. The van der Waals surface area contributed by atoms with Crippen molar-refractivity contribution in [2.75, 3.05) is 0 Å². The SMILES string of the molecule is CC(=O)C1CCC=[N+]([O-])O1. The maximum absolute atomic E-state index is 10.6. The van der Waals surface area contributed by atoms with Gasteiger partial charge < -0.3 is 4.84 Å². The van der Waals surface area contributed by atoms with E-state index in [1.165, 1.54) is 13.1 Å². The number of nitrogens with zero attached hydrogens (tertiary/aromatic N) is 1. The van der Waals surface area contributed by atoms with Crippen LogP contribution in [0.25, 0.3) is 0 Å². The van der Waals surface area contributed by atoms with Crippen LogP contribution in [0.2, 0.25) is 0 Å². The van der Waals surface area contributed by atoms with Crippen LogP contribution in [-0.2, 0) is 9.63 Å². The molecule has 0 aromatic carbocycles. The zero-order chi connectivity index (χ0) is 7.56. The summed E-state index contributed by atoms with van der Waals surface area (Å²) in [5.74, 6) is -0.0889. The number of rotatable bonds is 1. The van der Waals surface area contributed by atoms with Crippen LogP contribution in [0.4, 0.5) is 0 Å². The van der Waals surface area contributed by atoms with Crippen LogP contribution in [0.15, 0.2) is 0 Å². The molecular weight excluding hydrogens is 134 g/mol. The molecule has 0 aliphatic carbocycles. The largest absolute Gasteiger partial charge is 0.392 e. The van der Waals surface area contributed by atoms with Gasteiger partial charge in [-0.3, -0.25) is 10.0 Å². The molecule has 0 radical (unpaired) electrons. The van der Waals surface area contributed by atoms with E-state index in [-0.39, 0.29) is 5.78 Å². The van der Waals surface area contributed by atoms with E-state index in [1.54, 1.807) is 0 Å². The van der Waals surface area contributed by atoms with Gasteiger partial charge in [-0.05, 0) is 13.3 Å². The van der Waals surface area contributed by atoms with Crippen molar-refractivity contribution in [3.05, 3.63) is 5.21 Å². The van der Waals surface area contributed by atoms with E-state index in [2.05, 4.69) is 4.84 Å². The Balaban J connectivity index is 2.53. The molecule has 1 heterocycles. The van der Waals surface area contributed by atoms with Gasteiger partial charge in [0.05, 0.1) is 0 Å². The van der Waals surface area contributed by atoms with Crippen LogP contribution < -0.4 is 0 Å². The number of ketones is 1. The summed E-state index contributed by atoms with van der Waals surface area (Å²) < 4.78 is 0. The van der Waals surface area contributed by atoms with Crippen molar-refractivity contribution in [2.24, 2.45) is 0 Å². The highest BCUT2D eigenvalue weighted by Crippen LogP contribution is 2.06. The molecule has 1 atom stereocenters. The van der Waals surface area contributed by atoms with E-state index in [0.717, 1.165) is 0 Å². The number of hydrogen-bond donors (Lipinski definition) is 0. The number of Topliss-reactive ketones (excluding diaryl/α,β-unsaturated/α-hetero) is 1. The molecule has 0 bridgehead atoms. The third-order valence-electron chi connectivity index (χ3n) is 1.39. The van der Waals surface area contributed by atoms with E-state index in [1.807, 2.05) is 0 Å². The van der Waals surface area contributed by atoms with Gasteiger partial charge >= 0.3 is 0 Å². The summed E-state index contributed by atoms with van der Waals surface area (Å²) in [7, 11) is 0. The first-order valence-corrected chi connectivity index (χ1v) is 3.17. The third kappa shape index (κ3) is 1.46. The molecule has 1 unspecified atom stereocenters. The summed E-state index contributed by atoms with van der Waals surface area (Å²) in [5, 5.41) is 10.5. The van der Waals surface area contributed by atoms with Gasteiger partial charge in [-0.15, -0.1) is 0 Å². The lowest BCUT2D eigenvalue weighted by Gasteiger charge is -2.18. The normalized spacial score (nSPS) is 24.9. The Morgan fingerprint density at radius 1 is 1.90 bits per heavy atom. The molecule has 0 fully saturated rings. The fourth-order valence-corrected chi connectivity index (χ4v) is 0.830. The molecule has 0 N–H and O–H groups in total. The van der Waals surface area contributed by atoms with Gasteiger partial charge in [0, 0.05) is 11.3 Å². The van der Waals surface area contributed by atoms with E-state index < -0.39 is 6.10 Å². The zero-order valence-corrected chi connectivity index (χ0v) is 5.74. The van der Waals surface area contributed by atoms with Crippen molar-refractivity contribution in [3.8, 4) is 0 Å². The summed E-state index contributed by atoms with van der Waals surface area (Å²) >= 11 is 0. The second-order valence-corrected chi connectivity index (χ2v) is 2.25. The Hall–Kier alpha value is -1.06. The number of carbonyl (C=O) groups is 1. The fourth-order valence-electron chi connectivity index (χ4n) is 0.830. The Labute approximate surface area is 58.6 Å². The minimum Gasteiger partial charge on any atom is -0.392 e. The van der Waals surface area contributed by atoms with Crippen molar-refractivity contribution in [3.63, 3.8) is 0 Å². The highest BCUT2D eigenvalue weighted by atomic mass is 16.9. The van der Waals surface area contributed by atoms with Crippen LogP contribution >= 0.6 is 0 Å². The molecule has 4 heteroatoms. The predicted molar refractivity (Wildman–Crippen MR) is 34.5 cm³/mol. The van der Waals surface area contributed by atoms with Gasteiger partial charge in [0.2, 0.25) is 6.21 Å². The van der Waals surface area contributed by atoms with Gasteiger partial charge in [0.15, 0.2) is 0 Å². The summed E-state index contributed by atoms with van der Waals surface area (Å²) in [6.45, 7) is 1.42. The Morgan fingerprint density at radius 3 is 3.00 bits per heavy atom. The first-order chi connectivity index (χ1) is 4.70. The molecule has 0 spiro atoms. The molecule has 0 saturated heterocycles. The molecule has 0 aromatic heterocycles. The average Bonchev–Trinajstić information content (AvgIpc) is 1.88. The van der Waals surface area contributed by atoms with E-state index in [4.69, 9.17) is 0 Å². The first kappa shape index (κ1) is 7.05. The summed E-state index contributed by atoms with van der Waals surface area (Å²) in [6.07, 6.45) is 2.09. The molecular formula is C6H9NO3. The highest BCUT2D eigenvalue weighted by molar-refractivity contribution is 5.80. The van der Waals surface area contributed by atoms with Gasteiger partial charge in [-0.25, -0.2) is 0 Å². The smallest absolute Gasteiger partial charge is 0.210 e. The highest BCUT2D eigenvalue weighted by Gasteiger charge is 2.18. The first-order valence-electron chi connectivity index (χ1n) is 3.17. The standard InChI is InChI=1S/C6H9NO3/c1-5(8)6-3-2-4-7(9)10-6/h4,6H,2-3H2,1H3. The predicted octanol–water partition coefficient (Wildman–Crippen LogP) is 0.250. The van der Waals surface area contributed by atoms with Gasteiger partial charge in [0.1, 0.15) is 11.9 Å². The van der Waals surface area contributed by atoms with Gasteiger partial charge in [0.25, 0.3) is 0 Å². The minimum atomic E-state index is -0.525. The minimum absolute atomic E-state index is 0.0889.